The predicted octanol–water partition coefficient (Wildman–Crippen LogP) is 0.667. The maximum absolute atomic E-state index is 12.5. The molecule has 3 aromatic rings. The zero-order chi connectivity index (χ0) is 14.8. The highest BCUT2D eigenvalue weighted by Gasteiger charge is 2.15. The van der Waals surface area contributed by atoms with Gasteiger partial charge >= 0.3 is 5.56 Å². The van der Waals surface area contributed by atoms with E-state index in [0.29, 0.717) is 16.5 Å². The van der Waals surface area contributed by atoms with E-state index in [0.717, 1.165) is 0 Å². The van der Waals surface area contributed by atoms with Gasteiger partial charge in [-0.2, -0.15) is 14.6 Å². The van der Waals surface area contributed by atoms with Crippen molar-refractivity contribution < 1.29 is 5.11 Å². The molecule has 0 aliphatic carbocycles. The number of aliphatic hydroxyl groups excluding tert-OH is 1. The van der Waals surface area contributed by atoms with Crippen LogP contribution in [-0.2, 0) is 6.54 Å². The maximum Gasteiger partial charge on any atom is 0.302 e. The second-order valence-corrected chi connectivity index (χ2v) is 5.05. The van der Waals surface area contributed by atoms with Gasteiger partial charge in [0.2, 0.25) is 5.16 Å². The molecule has 21 heavy (non-hydrogen) atoms. The van der Waals surface area contributed by atoms with Crippen LogP contribution in [0, 0.1) is 0 Å². The van der Waals surface area contributed by atoms with Gasteiger partial charge in [0, 0.05) is 5.56 Å². The van der Waals surface area contributed by atoms with Gasteiger partial charge in [0.05, 0.1) is 13.2 Å². The van der Waals surface area contributed by atoms with Gasteiger partial charge < -0.3 is 5.11 Å². The minimum Gasteiger partial charge on any atom is -0.394 e. The van der Waals surface area contributed by atoms with Gasteiger partial charge in [-0.15, -0.1) is 5.10 Å². The minimum atomic E-state index is -0.321. The summed E-state index contributed by atoms with van der Waals surface area (Å²) in [6.45, 7) is 0.150. The fraction of sp³-hybridized carbons (Fsp3) is 0.231. The second kappa shape index (κ2) is 5.66. The molecule has 0 amide bonds. The molecule has 108 valence electrons. The Balaban J connectivity index is 2.31. The van der Waals surface area contributed by atoms with Crippen molar-refractivity contribution in [2.24, 2.45) is 0 Å². The fourth-order valence-electron chi connectivity index (χ4n) is 2.01. The molecule has 2 heterocycles. The topological polar surface area (TPSA) is 85.3 Å². The van der Waals surface area contributed by atoms with Crippen molar-refractivity contribution in [1.82, 2.24) is 24.4 Å². The Morgan fingerprint density at radius 3 is 2.67 bits per heavy atom. The van der Waals surface area contributed by atoms with E-state index in [1.165, 1.54) is 21.0 Å². The van der Waals surface area contributed by atoms with E-state index < -0.39 is 0 Å². The van der Waals surface area contributed by atoms with Crippen LogP contribution in [0.25, 0.3) is 17.0 Å². The third-order valence-electron chi connectivity index (χ3n) is 2.96. The van der Waals surface area contributed by atoms with Gasteiger partial charge in [0.15, 0.2) is 5.69 Å². The first-order chi connectivity index (χ1) is 10.2. The van der Waals surface area contributed by atoms with Crippen molar-refractivity contribution >= 4 is 17.5 Å². The number of fused-ring (bicyclic) bond motifs is 1. The molecule has 0 atom stereocenters. The van der Waals surface area contributed by atoms with Crippen LogP contribution in [0.3, 0.4) is 0 Å². The van der Waals surface area contributed by atoms with Crippen LogP contribution in [0.1, 0.15) is 0 Å². The third kappa shape index (κ3) is 2.43. The molecule has 3 rings (SSSR count). The Labute approximate surface area is 124 Å². The zero-order valence-corrected chi connectivity index (χ0v) is 12.1. The first kappa shape index (κ1) is 13.8. The summed E-state index contributed by atoms with van der Waals surface area (Å²) in [6, 6.07) is 9.17. The highest BCUT2D eigenvalue weighted by Crippen LogP contribution is 2.14. The van der Waals surface area contributed by atoms with Gasteiger partial charge in [-0.3, -0.25) is 4.79 Å². The highest BCUT2D eigenvalue weighted by molar-refractivity contribution is 7.98. The van der Waals surface area contributed by atoms with E-state index >= 15 is 0 Å². The number of benzene rings is 1. The lowest BCUT2D eigenvalue weighted by Crippen LogP contribution is -2.24. The van der Waals surface area contributed by atoms with Crippen LogP contribution < -0.4 is 5.56 Å². The molecule has 1 aromatic carbocycles. The molecule has 0 spiro atoms. The van der Waals surface area contributed by atoms with Gasteiger partial charge in [0.1, 0.15) is 0 Å². The van der Waals surface area contributed by atoms with E-state index in [-0.39, 0.29) is 24.4 Å². The van der Waals surface area contributed by atoms with E-state index in [1.807, 2.05) is 36.6 Å². The number of rotatable bonds is 4. The summed E-state index contributed by atoms with van der Waals surface area (Å²) in [7, 11) is 0. The molecular weight excluding hydrogens is 290 g/mol. The second-order valence-electron chi connectivity index (χ2n) is 4.28. The van der Waals surface area contributed by atoms with E-state index in [1.54, 1.807) is 0 Å². The Morgan fingerprint density at radius 1 is 1.24 bits per heavy atom. The van der Waals surface area contributed by atoms with Crippen LogP contribution in [0.2, 0.25) is 0 Å². The lowest BCUT2D eigenvalue weighted by atomic mass is 10.2. The predicted molar refractivity (Wildman–Crippen MR) is 79.3 cm³/mol. The quantitative estimate of drug-likeness (QED) is 0.713. The van der Waals surface area contributed by atoms with Crippen LogP contribution >= 0.6 is 11.8 Å². The summed E-state index contributed by atoms with van der Waals surface area (Å²) in [5.41, 5.74) is 0.671. The van der Waals surface area contributed by atoms with E-state index in [2.05, 4.69) is 15.2 Å². The number of nitrogens with zero attached hydrogens (tertiary/aromatic N) is 5. The Hall–Kier alpha value is -2.19. The molecule has 7 nitrogen and oxygen atoms in total. The monoisotopic (exact) mass is 303 g/mol. The highest BCUT2D eigenvalue weighted by atomic mass is 32.2. The molecular formula is C13H13N5O2S. The molecule has 0 saturated heterocycles. The average molecular weight is 303 g/mol. The number of hydrogen-bond acceptors (Lipinski definition) is 6. The van der Waals surface area contributed by atoms with Crippen molar-refractivity contribution in [2.45, 2.75) is 11.7 Å². The zero-order valence-electron chi connectivity index (χ0n) is 11.3. The summed E-state index contributed by atoms with van der Waals surface area (Å²) >= 11 is 1.35. The summed E-state index contributed by atoms with van der Waals surface area (Å²) in [6.07, 6.45) is 1.83. The number of aromatic nitrogens is 5. The first-order valence-electron chi connectivity index (χ1n) is 6.32. The molecule has 0 bridgehead atoms. The molecule has 0 saturated carbocycles. The smallest absolute Gasteiger partial charge is 0.302 e. The molecule has 8 heteroatoms. The maximum atomic E-state index is 12.5. The fourth-order valence-corrected chi connectivity index (χ4v) is 2.34. The normalized spacial score (nSPS) is 11.1. The molecule has 0 fully saturated rings. The molecule has 0 aliphatic rings. The van der Waals surface area contributed by atoms with Gasteiger partial charge in [-0.25, -0.2) is 4.68 Å². The molecule has 0 radical (unpaired) electrons. The van der Waals surface area contributed by atoms with Crippen LogP contribution in [0.4, 0.5) is 0 Å². The summed E-state index contributed by atoms with van der Waals surface area (Å²) in [4.78, 5) is 16.8. The largest absolute Gasteiger partial charge is 0.394 e. The van der Waals surface area contributed by atoms with Gasteiger partial charge in [0.25, 0.3) is 5.78 Å². The van der Waals surface area contributed by atoms with Crippen molar-refractivity contribution in [3.05, 3.63) is 40.7 Å². The summed E-state index contributed by atoms with van der Waals surface area (Å²) < 4.78 is 2.73. The van der Waals surface area contributed by atoms with Crippen molar-refractivity contribution in [3.63, 3.8) is 0 Å². The van der Waals surface area contributed by atoms with Gasteiger partial charge in [-0.1, -0.05) is 42.1 Å². The molecule has 2 aromatic heterocycles. The van der Waals surface area contributed by atoms with Crippen LogP contribution in [0.5, 0.6) is 0 Å². The Kier molecular flexibility index (Phi) is 3.72. The molecule has 1 N–H and O–H groups in total. The average Bonchev–Trinajstić information content (AvgIpc) is 2.96. The van der Waals surface area contributed by atoms with Crippen molar-refractivity contribution in [2.75, 3.05) is 12.9 Å². The van der Waals surface area contributed by atoms with Crippen LogP contribution in [-0.4, -0.2) is 42.3 Å². The van der Waals surface area contributed by atoms with E-state index in [9.17, 15) is 9.90 Å². The van der Waals surface area contributed by atoms with Crippen LogP contribution in [0.15, 0.2) is 40.3 Å². The van der Waals surface area contributed by atoms with E-state index in [4.69, 9.17) is 0 Å². The first-order valence-corrected chi connectivity index (χ1v) is 7.55. The minimum absolute atomic E-state index is 0.0960. The number of thioether (sulfide) groups is 1. The lowest BCUT2D eigenvalue weighted by molar-refractivity contribution is 0.269. The summed E-state index contributed by atoms with van der Waals surface area (Å²) in [5.74, 6) is 0.332. The SMILES string of the molecule is CSc1nc2n(CCO)nc(-c3ccccc3)c(=O)n2n1. The number of hydrogen-bond donors (Lipinski definition) is 1. The third-order valence-corrected chi connectivity index (χ3v) is 3.50. The standard InChI is InChI=1S/C13H13N5O2S/c1-21-12-14-13-17(7-8-19)15-10(11(20)18(13)16-12)9-5-3-2-4-6-9/h2-6,19H,7-8H2,1H3. The van der Waals surface area contributed by atoms with Crippen molar-refractivity contribution in [3.8, 4) is 11.3 Å². The van der Waals surface area contributed by atoms with Gasteiger partial charge in [-0.05, 0) is 6.26 Å². The molecule has 0 unspecified atom stereocenters. The summed E-state index contributed by atoms with van der Waals surface area (Å²) in [5, 5.41) is 18.2. The lowest BCUT2D eigenvalue weighted by Gasteiger charge is -2.07. The Morgan fingerprint density at radius 2 is 2.00 bits per heavy atom. The van der Waals surface area contributed by atoms with Crippen molar-refractivity contribution in [1.29, 1.82) is 0 Å². The Bertz CT molecular complexity index is 828. The molecule has 0 aliphatic heterocycles. The number of aliphatic hydroxyl groups is 1.